The largest absolute Gasteiger partial charge is 0.356 e. The maximum atomic E-state index is 3.57. The first-order chi connectivity index (χ1) is 19.3. The number of benzene rings is 6. The van der Waals surface area contributed by atoms with E-state index in [4.69, 9.17) is 0 Å². The van der Waals surface area contributed by atoms with Gasteiger partial charge in [-0.1, -0.05) is 72.8 Å². The molecule has 1 N–H and O–H groups in total. The van der Waals surface area contributed by atoms with Gasteiger partial charge in [0.1, 0.15) is 0 Å². The molecule has 0 radical (unpaired) electrons. The second-order valence-corrected chi connectivity index (χ2v) is 9.59. The highest BCUT2D eigenvalue weighted by Gasteiger charge is 2.13. The van der Waals surface area contributed by atoms with Crippen molar-refractivity contribution in [2.24, 2.45) is 0 Å². The molecule has 0 bridgehead atoms. The van der Waals surface area contributed by atoms with Crippen molar-refractivity contribution < 1.29 is 0 Å². The van der Waals surface area contributed by atoms with Crippen LogP contribution in [0.2, 0.25) is 0 Å². The summed E-state index contributed by atoms with van der Waals surface area (Å²) in [5.41, 5.74) is 9.05. The molecule has 7 aromatic rings. The molecule has 186 valence electrons. The minimum absolute atomic E-state index is 1.05. The number of aromatic nitrogens is 1. The van der Waals surface area contributed by atoms with Gasteiger partial charge in [-0.2, -0.15) is 0 Å². The molecule has 0 aliphatic heterocycles. The average molecular weight is 502 g/mol. The Balaban J connectivity index is 1.17. The quantitative estimate of drug-likeness (QED) is 0.245. The molecule has 3 heteroatoms. The topological polar surface area (TPSA) is 20.2 Å². The van der Waals surface area contributed by atoms with Crippen LogP contribution in [-0.2, 0) is 0 Å². The lowest BCUT2D eigenvalue weighted by Crippen LogP contribution is -2.09. The second-order valence-electron chi connectivity index (χ2n) is 9.59. The Morgan fingerprint density at radius 2 is 0.795 bits per heavy atom. The Bertz CT molecular complexity index is 1760. The Labute approximate surface area is 228 Å². The third kappa shape index (κ3) is 4.30. The van der Waals surface area contributed by atoms with Crippen LogP contribution < -0.4 is 10.2 Å². The number of hydrogen-bond donors (Lipinski definition) is 1. The number of para-hydroxylation sites is 4. The number of fused-ring (bicyclic) bond motifs is 3. The molecule has 0 aliphatic rings. The third-order valence-electron chi connectivity index (χ3n) is 7.15. The minimum atomic E-state index is 1.05. The summed E-state index contributed by atoms with van der Waals surface area (Å²) in [6.07, 6.45) is 0. The highest BCUT2D eigenvalue weighted by molar-refractivity contribution is 6.09. The number of nitrogens with zero attached hydrogens (tertiary/aromatic N) is 2. The van der Waals surface area contributed by atoms with Gasteiger partial charge in [0.25, 0.3) is 0 Å². The molecule has 0 amide bonds. The molecule has 39 heavy (non-hydrogen) atoms. The Hall–Kier alpha value is -5.28. The summed E-state index contributed by atoms with van der Waals surface area (Å²) in [5, 5.41) is 6.12. The average Bonchev–Trinajstić information content (AvgIpc) is 3.34. The van der Waals surface area contributed by atoms with Crippen LogP contribution in [0, 0.1) is 0 Å². The summed E-state index contributed by atoms with van der Waals surface area (Å²) in [6, 6.07) is 55.4. The molecule has 0 atom stereocenters. The van der Waals surface area contributed by atoms with Crippen molar-refractivity contribution in [1.29, 1.82) is 0 Å². The fraction of sp³-hybridized carbons (Fsp3) is 0. The summed E-state index contributed by atoms with van der Waals surface area (Å²) in [7, 11) is 0. The highest BCUT2D eigenvalue weighted by atomic mass is 15.1. The predicted molar refractivity (Wildman–Crippen MR) is 165 cm³/mol. The van der Waals surface area contributed by atoms with Crippen LogP contribution in [0.4, 0.5) is 28.4 Å². The van der Waals surface area contributed by atoms with Gasteiger partial charge < -0.3 is 14.8 Å². The molecule has 0 saturated carbocycles. The lowest BCUT2D eigenvalue weighted by atomic mass is 10.2. The van der Waals surface area contributed by atoms with Crippen LogP contribution in [0.1, 0.15) is 0 Å². The fourth-order valence-electron chi connectivity index (χ4n) is 5.36. The molecule has 1 aromatic heterocycles. The van der Waals surface area contributed by atoms with Crippen molar-refractivity contribution in [2.45, 2.75) is 0 Å². The van der Waals surface area contributed by atoms with Gasteiger partial charge >= 0.3 is 0 Å². The van der Waals surface area contributed by atoms with E-state index in [1.807, 2.05) is 12.1 Å². The van der Waals surface area contributed by atoms with Gasteiger partial charge in [0.05, 0.1) is 11.0 Å². The van der Waals surface area contributed by atoms with E-state index in [-0.39, 0.29) is 0 Å². The van der Waals surface area contributed by atoms with Gasteiger partial charge in [-0.15, -0.1) is 0 Å². The summed E-state index contributed by atoms with van der Waals surface area (Å²) in [5.74, 6) is 0. The monoisotopic (exact) mass is 501 g/mol. The zero-order valence-corrected chi connectivity index (χ0v) is 21.4. The predicted octanol–water partition coefficient (Wildman–Crippen LogP) is 10.00. The summed E-state index contributed by atoms with van der Waals surface area (Å²) in [4.78, 5) is 2.27. The molecule has 3 nitrogen and oxygen atoms in total. The zero-order valence-electron chi connectivity index (χ0n) is 21.4. The van der Waals surface area contributed by atoms with Crippen molar-refractivity contribution in [1.82, 2.24) is 4.57 Å². The summed E-state index contributed by atoms with van der Waals surface area (Å²) in [6.45, 7) is 0. The van der Waals surface area contributed by atoms with Gasteiger partial charge in [0, 0.05) is 44.9 Å². The molecule has 0 aliphatic carbocycles. The first-order valence-corrected chi connectivity index (χ1v) is 13.2. The van der Waals surface area contributed by atoms with Crippen molar-refractivity contribution in [2.75, 3.05) is 10.2 Å². The maximum absolute atomic E-state index is 3.57. The van der Waals surface area contributed by atoms with E-state index >= 15 is 0 Å². The Morgan fingerprint density at radius 1 is 0.385 bits per heavy atom. The third-order valence-corrected chi connectivity index (χ3v) is 7.15. The van der Waals surface area contributed by atoms with Crippen molar-refractivity contribution in [3.05, 3.63) is 158 Å². The van der Waals surface area contributed by atoms with Crippen LogP contribution in [0.25, 0.3) is 27.5 Å². The van der Waals surface area contributed by atoms with Crippen LogP contribution in [0.15, 0.2) is 158 Å². The standard InChI is InChI=1S/C36H27N3/c1-3-11-29(12-4-1)38(30-13-5-2-6-14-30)31-23-19-27(20-24-31)37-28-21-25-32(26-22-28)39-35-17-9-7-15-33(35)34-16-8-10-18-36(34)39/h1-26,37H. The van der Waals surface area contributed by atoms with E-state index < -0.39 is 0 Å². The van der Waals surface area contributed by atoms with E-state index in [0.717, 1.165) is 34.1 Å². The van der Waals surface area contributed by atoms with Crippen LogP contribution in [0.5, 0.6) is 0 Å². The minimum Gasteiger partial charge on any atom is -0.356 e. The van der Waals surface area contributed by atoms with E-state index in [9.17, 15) is 0 Å². The van der Waals surface area contributed by atoms with Gasteiger partial charge in [-0.05, 0) is 84.9 Å². The Kier molecular flexibility index (Phi) is 5.80. The van der Waals surface area contributed by atoms with Crippen LogP contribution in [-0.4, -0.2) is 4.57 Å². The molecule has 6 aromatic carbocycles. The summed E-state index contributed by atoms with van der Waals surface area (Å²) < 4.78 is 2.34. The molecular weight excluding hydrogens is 474 g/mol. The zero-order chi connectivity index (χ0) is 26.0. The lowest BCUT2D eigenvalue weighted by molar-refractivity contribution is 1.18. The summed E-state index contributed by atoms with van der Waals surface area (Å²) >= 11 is 0. The van der Waals surface area contributed by atoms with Crippen molar-refractivity contribution in [3.63, 3.8) is 0 Å². The smallest absolute Gasteiger partial charge is 0.0541 e. The first-order valence-electron chi connectivity index (χ1n) is 13.2. The van der Waals surface area contributed by atoms with Crippen molar-refractivity contribution in [3.8, 4) is 5.69 Å². The van der Waals surface area contributed by atoms with Crippen molar-refractivity contribution >= 4 is 50.2 Å². The van der Waals surface area contributed by atoms with E-state index in [2.05, 4.69) is 160 Å². The van der Waals surface area contributed by atoms with Gasteiger partial charge in [0.15, 0.2) is 0 Å². The molecule has 0 unspecified atom stereocenters. The molecule has 7 rings (SSSR count). The number of anilines is 5. The van der Waals surface area contributed by atoms with E-state index in [0.29, 0.717) is 0 Å². The molecule has 0 saturated heterocycles. The van der Waals surface area contributed by atoms with E-state index in [1.54, 1.807) is 0 Å². The fourth-order valence-corrected chi connectivity index (χ4v) is 5.36. The van der Waals surface area contributed by atoms with Gasteiger partial charge in [0.2, 0.25) is 0 Å². The molecular formula is C36H27N3. The van der Waals surface area contributed by atoms with Crippen LogP contribution in [0.3, 0.4) is 0 Å². The Morgan fingerprint density at radius 3 is 1.31 bits per heavy atom. The number of rotatable bonds is 6. The first kappa shape index (κ1) is 22.9. The molecule has 0 spiro atoms. The molecule has 1 heterocycles. The maximum Gasteiger partial charge on any atom is 0.0541 e. The lowest BCUT2D eigenvalue weighted by Gasteiger charge is -2.25. The number of nitrogens with one attached hydrogen (secondary N) is 1. The highest BCUT2D eigenvalue weighted by Crippen LogP contribution is 2.35. The molecule has 0 fully saturated rings. The van der Waals surface area contributed by atoms with Gasteiger partial charge in [-0.3, -0.25) is 0 Å². The van der Waals surface area contributed by atoms with Crippen LogP contribution >= 0.6 is 0 Å². The van der Waals surface area contributed by atoms with E-state index in [1.165, 1.54) is 21.8 Å². The van der Waals surface area contributed by atoms with Gasteiger partial charge in [-0.25, -0.2) is 0 Å². The normalized spacial score (nSPS) is 11.1. The second kappa shape index (κ2) is 9.88. The number of hydrogen-bond acceptors (Lipinski definition) is 2. The SMILES string of the molecule is c1ccc(N(c2ccccc2)c2ccc(Nc3ccc(-n4c5ccccc5c5ccccc54)cc3)cc2)cc1.